The van der Waals surface area contributed by atoms with Gasteiger partial charge in [-0.2, -0.15) is 0 Å². The third-order valence-electron chi connectivity index (χ3n) is 5.76. The smallest absolute Gasteiger partial charge is 0.323 e. The highest BCUT2D eigenvalue weighted by atomic mass is 32.1. The van der Waals surface area contributed by atoms with Crippen LogP contribution in [0.15, 0.2) is 60.1 Å². The van der Waals surface area contributed by atoms with Gasteiger partial charge in [0.2, 0.25) is 5.91 Å². The van der Waals surface area contributed by atoms with Crippen molar-refractivity contribution in [3.05, 3.63) is 71.4 Å². The van der Waals surface area contributed by atoms with E-state index in [0.717, 1.165) is 31.7 Å². The first-order valence-corrected chi connectivity index (χ1v) is 12.4. The van der Waals surface area contributed by atoms with Crippen LogP contribution >= 0.6 is 11.3 Å². The highest BCUT2D eigenvalue weighted by Gasteiger charge is 2.22. The summed E-state index contributed by atoms with van der Waals surface area (Å²) in [5.74, 6) is 0.870. The molecule has 2 N–H and O–H groups in total. The quantitative estimate of drug-likeness (QED) is 0.517. The number of aryl methyl sites for hydroxylation is 1. The number of pyridine rings is 1. The van der Waals surface area contributed by atoms with Crippen molar-refractivity contribution in [1.82, 2.24) is 20.2 Å². The molecule has 0 bridgehead atoms. The molecule has 1 fully saturated rings. The highest BCUT2D eigenvalue weighted by molar-refractivity contribution is 7.13. The number of piperazine rings is 1. The molecule has 1 aliphatic heterocycles. The molecule has 1 aromatic carbocycles. The minimum Gasteiger partial charge on any atom is -0.353 e. The fourth-order valence-corrected chi connectivity index (χ4v) is 4.59. The Kier molecular flexibility index (Phi) is 8.08. The van der Waals surface area contributed by atoms with E-state index in [2.05, 4.69) is 37.6 Å². The number of hydrogen-bond donors (Lipinski definition) is 2. The number of carbonyl (C=O) groups excluding carboxylic acids is 2. The van der Waals surface area contributed by atoms with Gasteiger partial charge in [-0.05, 0) is 37.5 Å². The number of amides is 3. The molecule has 3 amide bonds. The van der Waals surface area contributed by atoms with Crippen LogP contribution in [-0.4, -0.2) is 59.0 Å². The van der Waals surface area contributed by atoms with Crippen LogP contribution in [-0.2, 0) is 17.6 Å². The van der Waals surface area contributed by atoms with E-state index in [1.54, 1.807) is 11.1 Å². The van der Waals surface area contributed by atoms with E-state index in [9.17, 15) is 9.59 Å². The highest BCUT2D eigenvalue weighted by Crippen LogP contribution is 2.18. The largest absolute Gasteiger partial charge is 0.353 e. The number of rotatable bonds is 8. The minimum absolute atomic E-state index is 0.0608. The van der Waals surface area contributed by atoms with E-state index in [-0.39, 0.29) is 24.4 Å². The van der Waals surface area contributed by atoms with Gasteiger partial charge in [0.05, 0.1) is 12.1 Å². The Bertz CT molecular complexity index is 1070. The van der Waals surface area contributed by atoms with E-state index in [0.29, 0.717) is 23.9 Å². The lowest BCUT2D eigenvalue weighted by molar-refractivity contribution is -0.121. The van der Waals surface area contributed by atoms with Crippen molar-refractivity contribution in [2.45, 2.75) is 32.2 Å². The molecule has 3 aromatic rings. The lowest BCUT2D eigenvalue weighted by Crippen LogP contribution is -2.50. The molecule has 3 heterocycles. The second-order valence-electron chi connectivity index (χ2n) is 8.41. The molecule has 9 heteroatoms. The van der Waals surface area contributed by atoms with Crippen LogP contribution in [0.5, 0.6) is 0 Å². The first-order chi connectivity index (χ1) is 16.6. The van der Waals surface area contributed by atoms with Crippen LogP contribution in [0.4, 0.5) is 15.7 Å². The molecule has 1 aliphatic rings. The zero-order chi connectivity index (χ0) is 23.8. The lowest BCUT2D eigenvalue weighted by Gasteiger charge is -2.35. The van der Waals surface area contributed by atoms with E-state index >= 15 is 0 Å². The molecule has 4 rings (SSSR count). The van der Waals surface area contributed by atoms with Crippen LogP contribution in [0.2, 0.25) is 0 Å². The summed E-state index contributed by atoms with van der Waals surface area (Å²) >= 11 is 1.34. The fraction of sp³-hybridized carbons (Fsp3) is 0.360. The fourth-order valence-electron chi connectivity index (χ4n) is 3.89. The van der Waals surface area contributed by atoms with Crippen LogP contribution < -0.4 is 15.5 Å². The Morgan fingerprint density at radius 1 is 1.06 bits per heavy atom. The molecule has 0 spiro atoms. The summed E-state index contributed by atoms with van der Waals surface area (Å²) in [5, 5.41) is 8.24. The molecular weight excluding hydrogens is 448 g/mol. The summed E-state index contributed by atoms with van der Waals surface area (Å²) < 4.78 is 0. The summed E-state index contributed by atoms with van der Waals surface area (Å²) in [7, 11) is 0. The van der Waals surface area contributed by atoms with Gasteiger partial charge in [0.25, 0.3) is 0 Å². The number of anilines is 2. The lowest BCUT2D eigenvalue weighted by atomic mass is 10.1. The molecule has 1 atom stereocenters. The molecule has 1 unspecified atom stereocenters. The predicted molar refractivity (Wildman–Crippen MR) is 135 cm³/mol. The molecule has 178 valence electrons. The van der Waals surface area contributed by atoms with Gasteiger partial charge < -0.3 is 15.1 Å². The number of hydrogen-bond acceptors (Lipinski definition) is 6. The maximum atomic E-state index is 12.6. The average Bonchev–Trinajstić information content (AvgIpc) is 3.30. The summed E-state index contributed by atoms with van der Waals surface area (Å²) in [6.07, 6.45) is 3.78. The van der Waals surface area contributed by atoms with Crippen molar-refractivity contribution in [3.8, 4) is 0 Å². The van der Waals surface area contributed by atoms with Gasteiger partial charge in [-0.15, -0.1) is 11.3 Å². The van der Waals surface area contributed by atoms with Crippen LogP contribution in [0.25, 0.3) is 0 Å². The zero-order valence-electron chi connectivity index (χ0n) is 19.3. The van der Waals surface area contributed by atoms with Crippen molar-refractivity contribution in [2.75, 3.05) is 36.4 Å². The number of urea groups is 1. The Balaban J connectivity index is 1.19. The summed E-state index contributed by atoms with van der Waals surface area (Å²) in [4.78, 5) is 37.8. The molecule has 0 radical (unpaired) electrons. The second kappa shape index (κ2) is 11.6. The van der Waals surface area contributed by atoms with Crippen LogP contribution in [0.1, 0.15) is 24.6 Å². The first kappa shape index (κ1) is 23.7. The van der Waals surface area contributed by atoms with Gasteiger partial charge in [-0.1, -0.05) is 36.4 Å². The SMILES string of the molecule is CC(CCc1ccccc1)NC(=O)Cc1csc(NC(=O)N2CCN(c3ccccn3)CC2)n1. The van der Waals surface area contributed by atoms with E-state index < -0.39 is 0 Å². The topological polar surface area (TPSA) is 90.5 Å². The summed E-state index contributed by atoms with van der Waals surface area (Å²) in [6, 6.07) is 16.0. The van der Waals surface area contributed by atoms with E-state index in [4.69, 9.17) is 0 Å². The number of nitrogens with zero attached hydrogens (tertiary/aromatic N) is 4. The molecule has 34 heavy (non-hydrogen) atoms. The minimum atomic E-state index is -0.166. The van der Waals surface area contributed by atoms with Crippen LogP contribution in [0.3, 0.4) is 0 Å². The Morgan fingerprint density at radius 2 is 1.82 bits per heavy atom. The van der Waals surface area contributed by atoms with Crippen molar-refractivity contribution >= 4 is 34.2 Å². The van der Waals surface area contributed by atoms with E-state index in [1.807, 2.05) is 48.7 Å². The predicted octanol–water partition coefficient (Wildman–Crippen LogP) is 3.57. The standard InChI is InChI=1S/C25H30N6O2S/c1-19(10-11-20-7-3-2-4-8-20)27-23(32)17-21-18-34-24(28-21)29-25(33)31-15-13-30(14-16-31)22-9-5-6-12-26-22/h2-9,12,18-19H,10-11,13-17H2,1H3,(H,27,32)(H,28,29,33). The maximum Gasteiger partial charge on any atom is 0.323 e. The molecule has 8 nitrogen and oxygen atoms in total. The van der Waals surface area contributed by atoms with Gasteiger partial charge >= 0.3 is 6.03 Å². The molecule has 2 aromatic heterocycles. The molecule has 0 saturated carbocycles. The van der Waals surface area contributed by atoms with Crippen molar-refractivity contribution in [1.29, 1.82) is 0 Å². The van der Waals surface area contributed by atoms with Gasteiger partial charge in [-0.3, -0.25) is 10.1 Å². The number of benzene rings is 1. The Labute approximate surface area is 204 Å². The third-order valence-corrected chi connectivity index (χ3v) is 6.57. The maximum absolute atomic E-state index is 12.6. The Hall–Kier alpha value is -3.46. The average molecular weight is 479 g/mol. The summed E-state index contributed by atoms with van der Waals surface area (Å²) in [6.45, 7) is 4.71. The molecule has 1 saturated heterocycles. The number of nitrogens with one attached hydrogen (secondary N) is 2. The second-order valence-corrected chi connectivity index (χ2v) is 9.26. The summed E-state index contributed by atoms with van der Waals surface area (Å²) in [5.41, 5.74) is 1.93. The first-order valence-electron chi connectivity index (χ1n) is 11.6. The van der Waals surface area contributed by atoms with Gasteiger partial charge in [0.15, 0.2) is 5.13 Å². The van der Waals surface area contributed by atoms with Crippen LogP contribution in [0, 0.1) is 0 Å². The molecular formula is C25H30N6O2S. The third kappa shape index (κ3) is 6.77. The van der Waals surface area contributed by atoms with Gasteiger partial charge in [0.1, 0.15) is 5.82 Å². The van der Waals surface area contributed by atoms with E-state index in [1.165, 1.54) is 16.9 Å². The number of thiazole rings is 1. The van der Waals surface area contributed by atoms with Crippen molar-refractivity contribution < 1.29 is 9.59 Å². The van der Waals surface area contributed by atoms with Crippen molar-refractivity contribution in [3.63, 3.8) is 0 Å². The van der Waals surface area contributed by atoms with Gasteiger partial charge in [0, 0.05) is 43.8 Å². The van der Waals surface area contributed by atoms with Crippen molar-refractivity contribution in [2.24, 2.45) is 0 Å². The zero-order valence-corrected chi connectivity index (χ0v) is 20.1. The monoisotopic (exact) mass is 478 g/mol. The number of carbonyl (C=O) groups is 2. The Morgan fingerprint density at radius 3 is 2.56 bits per heavy atom. The normalized spacial score (nSPS) is 14.5. The molecule has 0 aliphatic carbocycles. The van der Waals surface area contributed by atoms with Gasteiger partial charge in [-0.25, -0.2) is 14.8 Å². The number of aromatic nitrogens is 2.